The van der Waals surface area contributed by atoms with E-state index in [1.165, 1.54) is 18.5 Å². The van der Waals surface area contributed by atoms with Crippen LogP contribution in [0.15, 0.2) is 48.8 Å². The number of rotatable bonds is 6. The van der Waals surface area contributed by atoms with Crippen molar-refractivity contribution in [3.63, 3.8) is 0 Å². The van der Waals surface area contributed by atoms with Crippen molar-refractivity contribution in [2.45, 2.75) is 19.3 Å². The molecule has 2 aromatic carbocycles. The van der Waals surface area contributed by atoms with Gasteiger partial charge in [0.05, 0.1) is 13.2 Å². The van der Waals surface area contributed by atoms with E-state index in [4.69, 9.17) is 28.6 Å². The molecule has 0 aliphatic rings. The summed E-state index contributed by atoms with van der Waals surface area (Å²) in [6, 6.07) is 10.6. The number of ether oxygens (including phenoxy) is 1. The summed E-state index contributed by atoms with van der Waals surface area (Å²) in [5, 5.41) is 3.40. The van der Waals surface area contributed by atoms with Crippen LogP contribution in [0.4, 0.5) is 8.78 Å². The summed E-state index contributed by atoms with van der Waals surface area (Å²) in [5.41, 5.74) is 0.995. The molecule has 1 unspecified atom stereocenters. The average Bonchev–Trinajstić information content (AvgIpc) is 2.98. The number of benzene rings is 2. The normalized spacial score (nSPS) is 12.3. The van der Waals surface area contributed by atoms with Crippen molar-refractivity contribution in [1.82, 2.24) is 14.8 Å². The molecule has 1 aromatic heterocycles. The van der Waals surface area contributed by atoms with Gasteiger partial charge in [-0.25, -0.2) is 13.8 Å². The molecule has 0 radical (unpaired) electrons. The van der Waals surface area contributed by atoms with Crippen LogP contribution in [0.25, 0.3) is 0 Å². The predicted octanol–water partition coefficient (Wildman–Crippen LogP) is 4.83. The molecule has 0 aliphatic carbocycles. The molecule has 3 aromatic rings. The number of hydrogen-bond acceptors (Lipinski definition) is 3. The highest BCUT2D eigenvalue weighted by Crippen LogP contribution is 2.26. The summed E-state index contributed by atoms with van der Waals surface area (Å²) in [6.07, 6.45) is 0.734. The Morgan fingerprint density at radius 2 is 2.04 bits per heavy atom. The maximum atomic E-state index is 14.2. The lowest BCUT2D eigenvalue weighted by Gasteiger charge is -2.20. The molecule has 4 nitrogen and oxygen atoms in total. The number of hydrogen-bond donors (Lipinski definition) is 1. The molecule has 3 rings (SSSR count). The molecule has 8 heteroatoms. The third kappa shape index (κ3) is 4.31. The SMILES string of the molecule is Fc1ccc(C(Cn2[nH]cnc2=S)OCc2ccccc2Cl)c(F)c1. The smallest absolute Gasteiger partial charge is 0.215 e. The van der Waals surface area contributed by atoms with Crippen LogP contribution in [0, 0.1) is 16.4 Å². The van der Waals surface area contributed by atoms with Gasteiger partial charge in [0.2, 0.25) is 4.77 Å². The van der Waals surface area contributed by atoms with Crippen LogP contribution in [-0.2, 0) is 17.9 Å². The molecule has 25 heavy (non-hydrogen) atoms. The Labute approximate surface area is 153 Å². The lowest BCUT2D eigenvalue weighted by Crippen LogP contribution is -2.15. The van der Waals surface area contributed by atoms with Crippen molar-refractivity contribution in [3.8, 4) is 0 Å². The third-order valence-corrected chi connectivity index (χ3v) is 4.37. The number of aromatic nitrogens is 3. The first kappa shape index (κ1) is 17.7. The molecule has 1 atom stereocenters. The maximum Gasteiger partial charge on any atom is 0.215 e. The molecule has 0 saturated carbocycles. The molecule has 0 amide bonds. The first-order chi connectivity index (χ1) is 12.0. The Hall–Kier alpha value is -2.09. The number of nitrogens with zero attached hydrogens (tertiary/aromatic N) is 2. The topological polar surface area (TPSA) is 42.8 Å². The second-order valence-electron chi connectivity index (χ2n) is 5.34. The second-order valence-corrected chi connectivity index (χ2v) is 6.11. The van der Waals surface area contributed by atoms with E-state index >= 15 is 0 Å². The van der Waals surface area contributed by atoms with Gasteiger partial charge in [-0.3, -0.25) is 9.78 Å². The lowest BCUT2D eigenvalue weighted by atomic mass is 10.1. The minimum atomic E-state index is -0.705. The Morgan fingerprint density at radius 1 is 1.24 bits per heavy atom. The summed E-state index contributed by atoms with van der Waals surface area (Å²) in [7, 11) is 0. The molecule has 0 aliphatic heterocycles. The maximum absolute atomic E-state index is 14.2. The zero-order valence-corrected chi connectivity index (χ0v) is 14.5. The van der Waals surface area contributed by atoms with Gasteiger partial charge in [-0.2, -0.15) is 0 Å². The molecule has 1 heterocycles. The molecule has 0 saturated heterocycles. The molecule has 0 bridgehead atoms. The van der Waals surface area contributed by atoms with Gasteiger partial charge in [0.1, 0.15) is 24.1 Å². The van der Waals surface area contributed by atoms with E-state index in [1.54, 1.807) is 10.7 Å². The summed E-state index contributed by atoms with van der Waals surface area (Å²) in [5.74, 6) is -1.33. The van der Waals surface area contributed by atoms with Crippen LogP contribution in [-0.4, -0.2) is 14.8 Å². The zero-order valence-electron chi connectivity index (χ0n) is 13.0. The number of aromatic amines is 1. The van der Waals surface area contributed by atoms with Crippen LogP contribution in [0.3, 0.4) is 0 Å². The lowest BCUT2D eigenvalue weighted by molar-refractivity contribution is 0.0231. The van der Waals surface area contributed by atoms with Gasteiger partial charge < -0.3 is 4.74 Å². The monoisotopic (exact) mass is 381 g/mol. The fraction of sp³-hybridized carbons (Fsp3) is 0.176. The van der Waals surface area contributed by atoms with Crippen LogP contribution < -0.4 is 0 Å². The minimum absolute atomic E-state index is 0.169. The zero-order chi connectivity index (χ0) is 17.8. The number of nitrogens with one attached hydrogen (secondary N) is 1. The van der Waals surface area contributed by atoms with E-state index in [1.807, 2.05) is 18.2 Å². The highest BCUT2D eigenvalue weighted by atomic mass is 35.5. The van der Waals surface area contributed by atoms with E-state index < -0.39 is 17.7 Å². The van der Waals surface area contributed by atoms with Gasteiger partial charge in [0.25, 0.3) is 0 Å². The van der Waals surface area contributed by atoms with Gasteiger partial charge in [0, 0.05) is 16.7 Å². The third-order valence-electron chi connectivity index (χ3n) is 3.68. The Balaban J connectivity index is 1.87. The van der Waals surface area contributed by atoms with E-state index in [2.05, 4.69) is 10.1 Å². The van der Waals surface area contributed by atoms with E-state index in [9.17, 15) is 8.78 Å². The first-order valence-electron chi connectivity index (χ1n) is 7.45. The predicted molar refractivity (Wildman–Crippen MR) is 92.8 cm³/mol. The van der Waals surface area contributed by atoms with Gasteiger partial charge in [-0.15, -0.1) is 0 Å². The summed E-state index contributed by atoms with van der Waals surface area (Å²) >= 11 is 11.2. The number of halogens is 3. The molecule has 0 fully saturated rings. The van der Waals surface area contributed by atoms with Gasteiger partial charge in [0.15, 0.2) is 0 Å². The van der Waals surface area contributed by atoms with Crippen molar-refractivity contribution in [1.29, 1.82) is 0 Å². The van der Waals surface area contributed by atoms with Crippen molar-refractivity contribution in [2.75, 3.05) is 0 Å². The van der Waals surface area contributed by atoms with E-state index in [-0.39, 0.29) is 18.7 Å². The molecular weight excluding hydrogens is 368 g/mol. The minimum Gasteiger partial charge on any atom is -0.367 e. The second kappa shape index (κ2) is 7.86. The standard InChI is InChI=1S/C17H14ClF2N3OS/c18-14-4-2-1-3-11(14)9-24-16(8-23-17(25)21-10-22-23)13-6-5-12(19)7-15(13)20/h1-7,10,16H,8-9H2,(H,21,22,25). The van der Waals surface area contributed by atoms with Crippen molar-refractivity contribution < 1.29 is 13.5 Å². The van der Waals surface area contributed by atoms with Crippen molar-refractivity contribution in [3.05, 3.63) is 81.3 Å². The Morgan fingerprint density at radius 3 is 2.72 bits per heavy atom. The van der Waals surface area contributed by atoms with Gasteiger partial charge >= 0.3 is 0 Å². The van der Waals surface area contributed by atoms with Crippen molar-refractivity contribution >= 4 is 23.8 Å². The highest BCUT2D eigenvalue weighted by Gasteiger charge is 2.19. The van der Waals surface area contributed by atoms with E-state index in [0.29, 0.717) is 9.79 Å². The fourth-order valence-electron chi connectivity index (χ4n) is 2.38. The average molecular weight is 382 g/mol. The molecule has 1 N–H and O–H groups in total. The summed E-state index contributed by atoms with van der Waals surface area (Å²) in [6.45, 7) is 0.369. The van der Waals surface area contributed by atoms with E-state index in [0.717, 1.165) is 11.6 Å². The molecule has 130 valence electrons. The fourth-order valence-corrected chi connectivity index (χ4v) is 2.75. The summed E-state index contributed by atoms with van der Waals surface area (Å²) in [4.78, 5) is 3.92. The van der Waals surface area contributed by atoms with Crippen LogP contribution in [0.2, 0.25) is 5.02 Å². The first-order valence-corrected chi connectivity index (χ1v) is 8.23. The summed E-state index contributed by atoms with van der Waals surface area (Å²) < 4.78 is 35.2. The number of H-pyrrole nitrogens is 1. The van der Waals surface area contributed by atoms with Gasteiger partial charge in [-0.1, -0.05) is 35.9 Å². The van der Waals surface area contributed by atoms with Crippen LogP contribution >= 0.6 is 23.8 Å². The molecule has 0 spiro atoms. The Kier molecular flexibility index (Phi) is 5.57. The molecular formula is C17H14ClF2N3OS. The highest BCUT2D eigenvalue weighted by molar-refractivity contribution is 7.71. The van der Waals surface area contributed by atoms with Crippen LogP contribution in [0.1, 0.15) is 17.2 Å². The largest absolute Gasteiger partial charge is 0.367 e. The van der Waals surface area contributed by atoms with Gasteiger partial charge in [-0.05, 0) is 29.9 Å². The quantitative estimate of drug-likeness (QED) is 0.622. The van der Waals surface area contributed by atoms with Crippen molar-refractivity contribution in [2.24, 2.45) is 0 Å². The van der Waals surface area contributed by atoms with Crippen LogP contribution in [0.5, 0.6) is 0 Å². The Bertz CT molecular complexity index is 928.